The van der Waals surface area contributed by atoms with Gasteiger partial charge >= 0.3 is 0 Å². The summed E-state index contributed by atoms with van der Waals surface area (Å²) in [6.45, 7) is 0.834. The Morgan fingerprint density at radius 3 is 2.75 bits per heavy atom. The predicted molar refractivity (Wildman–Crippen MR) is 77.5 cm³/mol. The fraction of sp³-hybridized carbons (Fsp3) is 0.500. The second-order valence-electron chi connectivity index (χ2n) is 5.62. The molecule has 106 valence electrons. The molecule has 0 atom stereocenters. The molecule has 0 bridgehead atoms. The smallest absolute Gasteiger partial charge is 0.246 e. The maximum absolute atomic E-state index is 12.2. The minimum atomic E-state index is -0.0127. The summed E-state index contributed by atoms with van der Waals surface area (Å²) in [5.41, 5.74) is 2.20. The maximum Gasteiger partial charge on any atom is 0.246 e. The van der Waals surface area contributed by atoms with Crippen molar-refractivity contribution in [2.45, 2.75) is 32.1 Å². The molecule has 1 aliphatic heterocycles. The van der Waals surface area contributed by atoms with Gasteiger partial charge in [0.25, 0.3) is 0 Å². The normalized spacial score (nSPS) is 18.1. The van der Waals surface area contributed by atoms with E-state index < -0.39 is 0 Å². The molecule has 3 rings (SSSR count). The number of para-hydroxylation sites is 1. The van der Waals surface area contributed by atoms with Gasteiger partial charge in [-0.25, -0.2) is 0 Å². The first-order chi connectivity index (χ1) is 9.75. The molecular weight excluding hydrogens is 252 g/mol. The first-order valence-electron chi connectivity index (χ1n) is 7.41. The van der Waals surface area contributed by atoms with Crippen LogP contribution in [0.4, 0.5) is 5.69 Å². The number of amides is 2. The molecule has 0 aromatic heterocycles. The summed E-state index contributed by atoms with van der Waals surface area (Å²) >= 11 is 0. The van der Waals surface area contributed by atoms with E-state index in [9.17, 15) is 9.59 Å². The molecule has 1 N–H and O–H groups in total. The van der Waals surface area contributed by atoms with Crippen molar-refractivity contribution in [1.29, 1.82) is 0 Å². The number of hydrogen-bond acceptors (Lipinski definition) is 2. The van der Waals surface area contributed by atoms with E-state index >= 15 is 0 Å². The van der Waals surface area contributed by atoms with Gasteiger partial charge in [0.1, 0.15) is 0 Å². The van der Waals surface area contributed by atoms with Gasteiger partial charge in [0, 0.05) is 18.2 Å². The molecule has 0 unspecified atom stereocenters. The van der Waals surface area contributed by atoms with Crippen molar-refractivity contribution in [3.05, 3.63) is 29.8 Å². The second-order valence-corrected chi connectivity index (χ2v) is 5.62. The number of hydrogen-bond donors (Lipinski definition) is 1. The van der Waals surface area contributed by atoms with Crippen molar-refractivity contribution in [1.82, 2.24) is 5.32 Å². The third-order valence-corrected chi connectivity index (χ3v) is 4.33. The molecule has 1 heterocycles. The van der Waals surface area contributed by atoms with Crippen LogP contribution in [0.2, 0.25) is 0 Å². The summed E-state index contributed by atoms with van der Waals surface area (Å²) in [4.78, 5) is 25.9. The van der Waals surface area contributed by atoms with Crippen LogP contribution >= 0.6 is 0 Å². The number of fused-ring (bicyclic) bond motifs is 1. The largest absolute Gasteiger partial charge is 0.347 e. The zero-order valence-electron chi connectivity index (χ0n) is 11.6. The summed E-state index contributed by atoms with van der Waals surface area (Å²) in [6.07, 6.45) is 5.09. The molecule has 20 heavy (non-hydrogen) atoms. The summed E-state index contributed by atoms with van der Waals surface area (Å²) < 4.78 is 0. The van der Waals surface area contributed by atoms with Crippen LogP contribution in [0.3, 0.4) is 0 Å². The number of carbonyl (C=O) groups is 2. The molecule has 1 saturated carbocycles. The van der Waals surface area contributed by atoms with E-state index in [0.29, 0.717) is 0 Å². The average molecular weight is 272 g/mol. The minimum absolute atomic E-state index is 0.0127. The van der Waals surface area contributed by atoms with Crippen LogP contribution in [0.25, 0.3) is 0 Å². The van der Waals surface area contributed by atoms with Gasteiger partial charge in [-0.05, 0) is 30.9 Å². The van der Waals surface area contributed by atoms with Gasteiger partial charge in [0.15, 0.2) is 0 Å². The Morgan fingerprint density at radius 1 is 1.20 bits per heavy atom. The Labute approximate surface area is 119 Å². The number of carbonyl (C=O) groups excluding carboxylic acids is 2. The van der Waals surface area contributed by atoms with Crippen molar-refractivity contribution in [2.75, 3.05) is 18.0 Å². The number of nitrogens with one attached hydrogen (secondary N) is 1. The summed E-state index contributed by atoms with van der Waals surface area (Å²) in [5, 5.41) is 2.80. The van der Waals surface area contributed by atoms with Crippen molar-refractivity contribution < 1.29 is 9.59 Å². The van der Waals surface area contributed by atoms with Gasteiger partial charge in [-0.2, -0.15) is 0 Å². The molecule has 0 saturated heterocycles. The van der Waals surface area contributed by atoms with E-state index in [1.165, 1.54) is 5.56 Å². The highest BCUT2D eigenvalue weighted by Crippen LogP contribution is 2.27. The third-order valence-electron chi connectivity index (χ3n) is 4.33. The van der Waals surface area contributed by atoms with Gasteiger partial charge in [-0.1, -0.05) is 31.0 Å². The van der Waals surface area contributed by atoms with E-state index in [-0.39, 0.29) is 24.3 Å². The molecule has 4 heteroatoms. The zero-order chi connectivity index (χ0) is 13.9. The quantitative estimate of drug-likeness (QED) is 0.913. The lowest BCUT2D eigenvalue weighted by Crippen LogP contribution is -2.41. The zero-order valence-corrected chi connectivity index (χ0v) is 11.6. The maximum atomic E-state index is 12.2. The van der Waals surface area contributed by atoms with Crippen molar-refractivity contribution in [2.24, 2.45) is 5.92 Å². The molecule has 1 aromatic carbocycles. The van der Waals surface area contributed by atoms with Gasteiger partial charge in [0.2, 0.25) is 11.8 Å². The molecular formula is C16H20N2O2. The first kappa shape index (κ1) is 13.2. The molecule has 2 aliphatic rings. The molecule has 2 amide bonds. The molecule has 0 spiro atoms. The van der Waals surface area contributed by atoms with Crippen LogP contribution in [-0.4, -0.2) is 24.9 Å². The predicted octanol–water partition coefficient (Wildman–Crippen LogP) is 1.88. The van der Waals surface area contributed by atoms with E-state index in [2.05, 4.69) is 11.4 Å². The van der Waals surface area contributed by atoms with Crippen molar-refractivity contribution in [3.8, 4) is 0 Å². The highest BCUT2D eigenvalue weighted by atomic mass is 16.2. The lowest BCUT2D eigenvalue weighted by atomic mass is 10.1. The third kappa shape index (κ3) is 2.55. The summed E-state index contributed by atoms with van der Waals surface area (Å²) in [5.74, 6) is 0.151. The van der Waals surface area contributed by atoms with Crippen LogP contribution in [0.5, 0.6) is 0 Å². The van der Waals surface area contributed by atoms with Crippen LogP contribution < -0.4 is 10.2 Å². The van der Waals surface area contributed by atoms with Gasteiger partial charge in [0.05, 0.1) is 6.54 Å². The number of nitrogens with zero attached hydrogens (tertiary/aromatic N) is 1. The number of anilines is 1. The van der Waals surface area contributed by atoms with Crippen LogP contribution in [-0.2, 0) is 16.0 Å². The van der Waals surface area contributed by atoms with E-state index in [0.717, 1.165) is 44.3 Å². The highest BCUT2D eigenvalue weighted by molar-refractivity contribution is 5.98. The van der Waals surface area contributed by atoms with Crippen molar-refractivity contribution >= 4 is 17.5 Å². The van der Waals surface area contributed by atoms with Gasteiger partial charge < -0.3 is 10.2 Å². The molecule has 1 aromatic rings. The van der Waals surface area contributed by atoms with E-state index in [1.54, 1.807) is 4.90 Å². The topological polar surface area (TPSA) is 49.4 Å². The fourth-order valence-corrected chi connectivity index (χ4v) is 3.19. The standard InChI is InChI=1S/C16H20N2O2/c19-15(11-17-16(20)13-6-1-2-7-13)18-10-9-12-5-3-4-8-14(12)18/h3-5,8,13H,1-2,6-7,9-11H2,(H,17,20). The van der Waals surface area contributed by atoms with Crippen LogP contribution in [0, 0.1) is 5.92 Å². The van der Waals surface area contributed by atoms with E-state index in [4.69, 9.17) is 0 Å². The van der Waals surface area contributed by atoms with Crippen LogP contribution in [0.15, 0.2) is 24.3 Å². The molecule has 1 fully saturated rings. The number of benzene rings is 1. The number of rotatable bonds is 3. The minimum Gasteiger partial charge on any atom is -0.347 e. The Balaban J connectivity index is 1.56. The molecule has 4 nitrogen and oxygen atoms in total. The van der Waals surface area contributed by atoms with Gasteiger partial charge in [-0.15, -0.1) is 0 Å². The molecule has 1 aliphatic carbocycles. The molecule has 0 radical (unpaired) electrons. The average Bonchev–Trinajstić information content (AvgIpc) is 3.13. The highest BCUT2D eigenvalue weighted by Gasteiger charge is 2.26. The Bertz CT molecular complexity index is 521. The lowest BCUT2D eigenvalue weighted by molar-refractivity contribution is -0.127. The van der Waals surface area contributed by atoms with Crippen molar-refractivity contribution in [3.63, 3.8) is 0 Å². The van der Waals surface area contributed by atoms with Crippen LogP contribution in [0.1, 0.15) is 31.2 Å². The second kappa shape index (κ2) is 5.65. The Kier molecular flexibility index (Phi) is 3.72. The Hall–Kier alpha value is -1.84. The lowest BCUT2D eigenvalue weighted by Gasteiger charge is -2.18. The SMILES string of the molecule is O=C(NCC(=O)N1CCc2ccccc21)C1CCCC1. The van der Waals surface area contributed by atoms with E-state index in [1.807, 2.05) is 18.2 Å². The monoisotopic (exact) mass is 272 g/mol. The summed E-state index contributed by atoms with van der Waals surface area (Å²) in [6, 6.07) is 7.97. The Morgan fingerprint density at radius 2 is 1.95 bits per heavy atom. The fourth-order valence-electron chi connectivity index (χ4n) is 3.19. The first-order valence-corrected chi connectivity index (χ1v) is 7.41. The summed E-state index contributed by atoms with van der Waals surface area (Å²) in [7, 11) is 0. The van der Waals surface area contributed by atoms with Gasteiger partial charge in [-0.3, -0.25) is 9.59 Å².